The molecule has 0 atom stereocenters. The molecule has 1 aromatic carbocycles. The fraction of sp³-hybridized carbons (Fsp3) is 0.273. The van der Waals surface area contributed by atoms with Crippen molar-refractivity contribution in [2.45, 2.75) is 19.4 Å². The van der Waals surface area contributed by atoms with Crippen LogP contribution in [0.5, 0.6) is 5.75 Å². The molecule has 6 aromatic rings. The van der Waals surface area contributed by atoms with Gasteiger partial charge in [0.05, 0.1) is 23.1 Å². The number of aromatic amines is 2. The van der Waals surface area contributed by atoms with E-state index in [0.29, 0.717) is 23.6 Å². The molecular weight excluding hydrogens is 543 g/mol. The molecule has 0 aliphatic carbocycles. The van der Waals surface area contributed by atoms with Crippen molar-refractivity contribution < 1.29 is 9.13 Å². The fourth-order valence-electron chi connectivity index (χ4n) is 5.76. The molecule has 5 aromatic heterocycles. The Balaban J connectivity index is 1.22. The minimum absolute atomic E-state index is 0.359. The summed E-state index contributed by atoms with van der Waals surface area (Å²) in [6.07, 6.45) is 11.7. The highest BCUT2D eigenvalue weighted by Gasteiger charge is 2.17. The summed E-state index contributed by atoms with van der Waals surface area (Å²) < 4.78 is 20.5. The third-order valence-corrected chi connectivity index (χ3v) is 7.95. The Morgan fingerprint density at radius 1 is 0.884 bits per heavy atom. The number of pyridine rings is 3. The number of likely N-dealkylation sites (N-methyl/N-ethyl adjacent to an activating group) is 1. The zero-order valence-corrected chi connectivity index (χ0v) is 24.3. The summed E-state index contributed by atoms with van der Waals surface area (Å²) in [5, 5.41) is 9.45. The molecule has 0 radical (unpaired) electrons. The Kier molecular flexibility index (Phi) is 7.30. The largest absolute Gasteiger partial charge is 0.492 e. The smallest absolute Gasteiger partial charge is 0.181 e. The first-order valence-corrected chi connectivity index (χ1v) is 14.6. The van der Waals surface area contributed by atoms with Gasteiger partial charge in [0.1, 0.15) is 18.2 Å². The first-order valence-electron chi connectivity index (χ1n) is 14.6. The number of nitrogens with zero attached hydrogens (tertiary/aromatic N) is 6. The lowest BCUT2D eigenvalue weighted by Crippen LogP contribution is -2.19. The Bertz CT molecular complexity index is 1910. The average Bonchev–Trinajstić information content (AvgIpc) is 3.76. The van der Waals surface area contributed by atoms with E-state index in [1.807, 2.05) is 49.7 Å². The van der Waals surface area contributed by atoms with Gasteiger partial charge in [-0.3, -0.25) is 20.0 Å². The van der Waals surface area contributed by atoms with Gasteiger partial charge in [-0.15, -0.1) is 0 Å². The van der Waals surface area contributed by atoms with Crippen LogP contribution in [0, 0.1) is 5.82 Å². The summed E-state index contributed by atoms with van der Waals surface area (Å²) in [7, 11) is 3.95. The van der Waals surface area contributed by atoms with Gasteiger partial charge in [-0.05, 0) is 81.5 Å². The highest BCUT2D eigenvalue weighted by atomic mass is 19.1. The first-order chi connectivity index (χ1) is 21.0. The number of fused-ring (bicyclic) bond motifs is 2. The van der Waals surface area contributed by atoms with Gasteiger partial charge in [0, 0.05) is 71.4 Å². The van der Waals surface area contributed by atoms with E-state index in [2.05, 4.69) is 47.2 Å². The van der Waals surface area contributed by atoms with E-state index in [0.717, 1.165) is 70.5 Å². The van der Waals surface area contributed by atoms with Crippen LogP contribution in [0.2, 0.25) is 0 Å². The maximum Gasteiger partial charge on any atom is 0.181 e. The van der Waals surface area contributed by atoms with Crippen molar-refractivity contribution >= 4 is 21.9 Å². The topological polar surface area (TPSA) is 98.8 Å². The highest BCUT2D eigenvalue weighted by molar-refractivity contribution is 6.00. The number of benzene rings is 1. The van der Waals surface area contributed by atoms with Crippen LogP contribution in [0.3, 0.4) is 0 Å². The molecule has 1 saturated heterocycles. The predicted octanol–water partition coefficient (Wildman–Crippen LogP) is 5.91. The quantitative estimate of drug-likeness (QED) is 0.221. The van der Waals surface area contributed by atoms with E-state index in [-0.39, 0.29) is 5.82 Å². The number of hydrogen-bond acceptors (Lipinski definition) is 7. The van der Waals surface area contributed by atoms with Crippen LogP contribution in [0.4, 0.5) is 4.39 Å². The van der Waals surface area contributed by atoms with Crippen LogP contribution >= 0.6 is 0 Å². The molecule has 10 heteroatoms. The number of hydrogen-bond donors (Lipinski definition) is 2. The van der Waals surface area contributed by atoms with Gasteiger partial charge in [0.2, 0.25) is 0 Å². The number of H-pyrrole nitrogens is 2. The van der Waals surface area contributed by atoms with Crippen molar-refractivity contribution in [1.29, 1.82) is 0 Å². The molecule has 2 N–H and O–H groups in total. The van der Waals surface area contributed by atoms with Crippen molar-refractivity contribution in [2.24, 2.45) is 0 Å². The molecule has 9 nitrogen and oxygen atoms in total. The summed E-state index contributed by atoms with van der Waals surface area (Å²) in [5.41, 5.74) is 7.82. The van der Waals surface area contributed by atoms with Crippen molar-refractivity contribution in [3.8, 4) is 39.4 Å². The van der Waals surface area contributed by atoms with Gasteiger partial charge < -0.3 is 14.6 Å². The Morgan fingerprint density at radius 2 is 1.72 bits per heavy atom. The molecular formula is C33H33FN8O. The normalized spacial score (nSPS) is 14.0. The molecule has 218 valence electrons. The maximum absolute atomic E-state index is 14.7. The molecule has 0 amide bonds. The molecule has 7 rings (SSSR count). The lowest BCUT2D eigenvalue weighted by Gasteiger charge is -2.14. The Hall–Kier alpha value is -4.67. The number of ether oxygens (including phenoxy) is 1. The second-order valence-corrected chi connectivity index (χ2v) is 11.4. The van der Waals surface area contributed by atoms with Crippen molar-refractivity contribution in [2.75, 3.05) is 40.3 Å². The molecule has 1 aliphatic rings. The van der Waals surface area contributed by atoms with Crippen LogP contribution in [-0.2, 0) is 6.54 Å². The van der Waals surface area contributed by atoms with Crippen LogP contribution in [0.1, 0.15) is 18.4 Å². The SMILES string of the molecule is CN(C)CCOc1cc(F)cc(-c2cncc3[nH]c(-c4[nH]nc5ncc(-c6cncc(CN7CCCC7)c6)cc45)cc23)c1. The van der Waals surface area contributed by atoms with E-state index in [1.54, 1.807) is 12.4 Å². The second kappa shape index (κ2) is 11.5. The molecule has 43 heavy (non-hydrogen) atoms. The summed E-state index contributed by atoms with van der Waals surface area (Å²) >= 11 is 0. The Labute approximate surface area is 248 Å². The number of likely N-dealkylation sites (tertiary alicyclic amines) is 1. The van der Waals surface area contributed by atoms with E-state index in [4.69, 9.17) is 4.74 Å². The summed E-state index contributed by atoms with van der Waals surface area (Å²) in [6.45, 7) is 4.40. The molecule has 0 spiro atoms. The van der Waals surface area contributed by atoms with Crippen molar-refractivity contribution in [3.63, 3.8) is 0 Å². The lowest BCUT2D eigenvalue weighted by atomic mass is 10.0. The van der Waals surface area contributed by atoms with Gasteiger partial charge >= 0.3 is 0 Å². The summed E-state index contributed by atoms with van der Waals surface area (Å²) in [6, 6.07) is 11.1. The van der Waals surface area contributed by atoms with Gasteiger partial charge in [0.25, 0.3) is 0 Å². The third-order valence-electron chi connectivity index (χ3n) is 7.95. The standard InChI is InChI=1S/C33H33FN8O/c1-41(2)7-8-43-26-11-22(10-25(34)13-26)29-18-36-19-31-27(29)14-30(38-31)32-28-12-24(17-37-33(28)40-39-32)23-9-21(15-35-16-23)20-42-5-3-4-6-42/h9-19,38H,3-8,20H2,1-2H3,(H,37,39,40). The average molecular weight is 577 g/mol. The van der Waals surface area contributed by atoms with E-state index in [1.165, 1.54) is 30.5 Å². The number of halogens is 1. The predicted molar refractivity (Wildman–Crippen MR) is 166 cm³/mol. The highest BCUT2D eigenvalue weighted by Crippen LogP contribution is 2.35. The van der Waals surface area contributed by atoms with Crippen LogP contribution in [0.25, 0.3) is 55.6 Å². The minimum atomic E-state index is -0.359. The molecule has 0 unspecified atom stereocenters. The Morgan fingerprint density at radius 3 is 2.58 bits per heavy atom. The van der Waals surface area contributed by atoms with Crippen molar-refractivity contribution in [1.82, 2.24) is 39.9 Å². The third kappa shape index (κ3) is 5.71. The zero-order chi connectivity index (χ0) is 29.3. The maximum atomic E-state index is 14.7. The van der Waals surface area contributed by atoms with Gasteiger partial charge in [0.15, 0.2) is 5.65 Å². The zero-order valence-electron chi connectivity index (χ0n) is 24.3. The van der Waals surface area contributed by atoms with Crippen LogP contribution in [0.15, 0.2) is 67.4 Å². The molecule has 0 saturated carbocycles. The number of aromatic nitrogens is 6. The van der Waals surface area contributed by atoms with E-state index in [9.17, 15) is 4.39 Å². The lowest BCUT2D eigenvalue weighted by molar-refractivity contribution is 0.260. The van der Waals surface area contributed by atoms with E-state index >= 15 is 0 Å². The van der Waals surface area contributed by atoms with Gasteiger partial charge in [-0.2, -0.15) is 5.10 Å². The first kappa shape index (κ1) is 27.2. The molecule has 6 heterocycles. The van der Waals surface area contributed by atoms with Gasteiger partial charge in [-0.1, -0.05) is 0 Å². The second-order valence-electron chi connectivity index (χ2n) is 11.4. The minimum Gasteiger partial charge on any atom is -0.492 e. The summed E-state index contributed by atoms with van der Waals surface area (Å²) in [5.74, 6) is 0.129. The van der Waals surface area contributed by atoms with Crippen LogP contribution in [-0.4, -0.2) is 80.3 Å². The summed E-state index contributed by atoms with van der Waals surface area (Å²) in [4.78, 5) is 21.6. The number of nitrogens with one attached hydrogen (secondary N) is 2. The van der Waals surface area contributed by atoms with Crippen molar-refractivity contribution in [3.05, 3.63) is 78.8 Å². The molecule has 1 aliphatic heterocycles. The number of rotatable bonds is 9. The molecule has 1 fully saturated rings. The van der Waals surface area contributed by atoms with E-state index < -0.39 is 0 Å². The fourth-order valence-corrected chi connectivity index (χ4v) is 5.76. The monoisotopic (exact) mass is 576 g/mol. The van der Waals surface area contributed by atoms with Gasteiger partial charge in [-0.25, -0.2) is 9.37 Å². The molecule has 0 bridgehead atoms. The van der Waals surface area contributed by atoms with Crippen LogP contribution < -0.4 is 4.74 Å².